The van der Waals surface area contributed by atoms with Crippen LogP contribution >= 0.6 is 11.6 Å². The second kappa shape index (κ2) is 9.05. The third-order valence-corrected chi connectivity index (χ3v) is 3.95. The van der Waals surface area contributed by atoms with E-state index in [1.54, 1.807) is 18.3 Å². The number of benzene rings is 1. The molecule has 0 spiro atoms. The molecule has 0 unspecified atom stereocenters. The lowest BCUT2D eigenvalue weighted by molar-refractivity contribution is 0.251. The van der Waals surface area contributed by atoms with Crippen molar-refractivity contribution >= 4 is 23.3 Å². The van der Waals surface area contributed by atoms with Crippen molar-refractivity contribution in [3.63, 3.8) is 0 Å². The molecular formula is C20H19ClN4O3. The van der Waals surface area contributed by atoms with E-state index in [1.165, 1.54) is 13.3 Å². The maximum Gasteiger partial charge on any atom is 0.319 e. The lowest BCUT2D eigenvalue weighted by Gasteiger charge is -2.11. The molecule has 2 aromatic heterocycles. The van der Waals surface area contributed by atoms with E-state index in [0.29, 0.717) is 23.0 Å². The number of rotatable bonds is 6. The molecule has 0 fully saturated rings. The molecular weight excluding hydrogens is 380 g/mol. The van der Waals surface area contributed by atoms with Gasteiger partial charge < -0.3 is 20.1 Å². The Hall–Kier alpha value is -3.32. The van der Waals surface area contributed by atoms with Crippen LogP contribution in [0.2, 0.25) is 5.02 Å². The first kappa shape index (κ1) is 19.4. The van der Waals surface area contributed by atoms with E-state index in [1.807, 2.05) is 37.3 Å². The molecule has 0 radical (unpaired) electrons. The molecule has 2 heterocycles. The van der Waals surface area contributed by atoms with E-state index in [4.69, 9.17) is 21.1 Å². The van der Waals surface area contributed by atoms with Crippen LogP contribution in [0.4, 0.5) is 10.5 Å². The lowest BCUT2D eigenvalue weighted by atomic mass is 10.2. The fourth-order valence-electron chi connectivity index (χ4n) is 2.42. The van der Waals surface area contributed by atoms with Crippen LogP contribution in [0.25, 0.3) is 0 Å². The Balaban J connectivity index is 1.54. The number of methoxy groups -OCH3 is 1. The van der Waals surface area contributed by atoms with Crippen molar-refractivity contribution in [1.82, 2.24) is 15.3 Å². The summed E-state index contributed by atoms with van der Waals surface area (Å²) in [5.74, 6) is 1.71. The maximum atomic E-state index is 12.1. The Labute approximate surface area is 167 Å². The number of halogens is 1. The van der Waals surface area contributed by atoms with E-state index in [2.05, 4.69) is 20.6 Å². The van der Waals surface area contributed by atoms with E-state index in [9.17, 15) is 4.79 Å². The van der Waals surface area contributed by atoms with E-state index in [0.717, 1.165) is 17.0 Å². The van der Waals surface area contributed by atoms with Crippen molar-refractivity contribution in [1.29, 1.82) is 0 Å². The smallest absolute Gasteiger partial charge is 0.319 e. The number of carbonyl (C=O) groups excluding carboxylic acids is 1. The number of nitrogens with one attached hydrogen (secondary N) is 2. The summed E-state index contributed by atoms with van der Waals surface area (Å²) in [5, 5.41) is 5.84. The standard InChI is InChI=1S/C20H19ClN4O3/c1-13-9-17(7-8-22-13)28-16-5-3-14(4-6-16)11-24-20(26)25-18-10-15(21)12-23-19(18)27-2/h3-10,12H,11H2,1-2H3,(H2,24,25,26). The molecule has 0 aliphatic rings. The van der Waals surface area contributed by atoms with Gasteiger partial charge in [-0.25, -0.2) is 9.78 Å². The first-order valence-electron chi connectivity index (χ1n) is 8.47. The summed E-state index contributed by atoms with van der Waals surface area (Å²) in [6.07, 6.45) is 3.15. The van der Waals surface area contributed by atoms with Crippen molar-refractivity contribution in [2.45, 2.75) is 13.5 Å². The Morgan fingerprint density at radius 1 is 1.11 bits per heavy atom. The van der Waals surface area contributed by atoms with Crippen LogP contribution in [-0.2, 0) is 6.54 Å². The van der Waals surface area contributed by atoms with Gasteiger partial charge in [-0.2, -0.15) is 0 Å². The molecule has 0 aliphatic carbocycles. The maximum absolute atomic E-state index is 12.1. The van der Waals surface area contributed by atoms with Crippen LogP contribution in [0.3, 0.4) is 0 Å². The fourth-order valence-corrected chi connectivity index (χ4v) is 2.58. The molecule has 144 valence electrons. The summed E-state index contributed by atoms with van der Waals surface area (Å²) in [5.41, 5.74) is 2.20. The molecule has 0 atom stereocenters. The molecule has 0 bridgehead atoms. The van der Waals surface area contributed by atoms with Gasteiger partial charge in [0.2, 0.25) is 5.88 Å². The zero-order valence-electron chi connectivity index (χ0n) is 15.4. The Morgan fingerprint density at radius 3 is 2.61 bits per heavy atom. The van der Waals surface area contributed by atoms with Gasteiger partial charge in [-0.05, 0) is 36.8 Å². The molecule has 3 aromatic rings. The first-order chi connectivity index (χ1) is 13.5. The quantitative estimate of drug-likeness (QED) is 0.635. The van der Waals surface area contributed by atoms with Gasteiger partial charge >= 0.3 is 6.03 Å². The molecule has 7 nitrogen and oxygen atoms in total. The topological polar surface area (TPSA) is 85.4 Å². The van der Waals surface area contributed by atoms with Gasteiger partial charge in [0.15, 0.2) is 0 Å². The molecule has 1 aromatic carbocycles. The number of urea groups is 1. The summed E-state index contributed by atoms with van der Waals surface area (Å²) in [4.78, 5) is 20.3. The van der Waals surface area contributed by atoms with Gasteiger partial charge in [0.25, 0.3) is 0 Å². The van der Waals surface area contributed by atoms with Gasteiger partial charge in [0.1, 0.15) is 17.2 Å². The third kappa shape index (κ3) is 5.34. The zero-order chi connectivity index (χ0) is 19.9. The average molecular weight is 399 g/mol. The highest BCUT2D eigenvalue weighted by atomic mass is 35.5. The van der Waals surface area contributed by atoms with Gasteiger partial charge in [-0.1, -0.05) is 23.7 Å². The number of carbonyl (C=O) groups is 1. The average Bonchev–Trinajstić information content (AvgIpc) is 2.68. The predicted octanol–water partition coefficient (Wildman–Crippen LogP) is 4.56. The van der Waals surface area contributed by atoms with Crippen LogP contribution in [0, 0.1) is 6.92 Å². The van der Waals surface area contributed by atoms with Crippen LogP contribution in [-0.4, -0.2) is 23.1 Å². The van der Waals surface area contributed by atoms with Crippen molar-refractivity contribution in [3.8, 4) is 17.4 Å². The van der Waals surface area contributed by atoms with Crippen molar-refractivity contribution < 1.29 is 14.3 Å². The van der Waals surface area contributed by atoms with Gasteiger partial charge in [0, 0.05) is 30.7 Å². The van der Waals surface area contributed by atoms with Crippen molar-refractivity contribution in [2.24, 2.45) is 0 Å². The highest BCUT2D eigenvalue weighted by Gasteiger charge is 2.09. The fraction of sp³-hybridized carbons (Fsp3) is 0.150. The van der Waals surface area contributed by atoms with Gasteiger partial charge in [-0.15, -0.1) is 0 Å². The molecule has 3 rings (SSSR count). The minimum Gasteiger partial charge on any atom is -0.480 e. The second-order valence-corrected chi connectivity index (χ2v) is 6.33. The minimum atomic E-state index is -0.394. The van der Waals surface area contributed by atoms with Crippen LogP contribution in [0.1, 0.15) is 11.3 Å². The molecule has 0 aliphatic heterocycles. The normalized spacial score (nSPS) is 10.2. The summed E-state index contributed by atoms with van der Waals surface area (Å²) < 4.78 is 10.9. The minimum absolute atomic E-state index is 0.285. The molecule has 2 N–H and O–H groups in total. The number of aromatic nitrogens is 2. The second-order valence-electron chi connectivity index (χ2n) is 5.90. The highest BCUT2D eigenvalue weighted by molar-refractivity contribution is 6.30. The number of hydrogen-bond donors (Lipinski definition) is 2. The zero-order valence-corrected chi connectivity index (χ0v) is 16.2. The lowest BCUT2D eigenvalue weighted by Crippen LogP contribution is -2.28. The van der Waals surface area contributed by atoms with E-state index in [-0.39, 0.29) is 5.88 Å². The molecule has 8 heteroatoms. The SMILES string of the molecule is COc1ncc(Cl)cc1NC(=O)NCc1ccc(Oc2ccnc(C)c2)cc1. The number of amides is 2. The van der Waals surface area contributed by atoms with E-state index < -0.39 is 6.03 Å². The monoisotopic (exact) mass is 398 g/mol. The Morgan fingerprint density at radius 2 is 1.89 bits per heavy atom. The summed E-state index contributed by atoms with van der Waals surface area (Å²) >= 11 is 5.91. The summed E-state index contributed by atoms with van der Waals surface area (Å²) in [7, 11) is 1.47. The van der Waals surface area contributed by atoms with Gasteiger partial charge in [-0.3, -0.25) is 4.98 Å². The van der Waals surface area contributed by atoms with E-state index >= 15 is 0 Å². The molecule has 2 amide bonds. The summed E-state index contributed by atoms with van der Waals surface area (Å²) in [6.45, 7) is 2.25. The van der Waals surface area contributed by atoms with Crippen molar-refractivity contribution in [3.05, 3.63) is 71.1 Å². The first-order valence-corrected chi connectivity index (χ1v) is 8.85. The largest absolute Gasteiger partial charge is 0.480 e. The van der Waals surface area contributed by atoms with Crippen LogP contribution in [0.5, 0.6) is 17.4 Å². The Kier molecular flexibility index (Phi) is 6.29. The number of pyridine rings is 2. The van der Waals surface area contributed by atoms with Crippen LogP contribution in [0.15, 0.2) is 54.9 Å². The number of anilines is 1. The Bertz CT molecular complexity index is 964. The predicted molar refractivity (Wildman–Crippen MR) is 107 cm³/mol. The number of nitrogens with zero attached hydrogens (tertiary/aromatic N) is 2. The molecule has 28 heavy (non-hydrogen) atoms. The summed E-state index contributed by atoms with van der Waals surface area (Å²) in [6, 6.07) is 12.3. The molecule has 0 saturated heterocycles. The van der Waals surface area contributed by atoms with Crippen molar-refractivity contribution in [2.75, 3.05) is 12.4 Å². The molecule has 0 saturated carbocycles. The highest BCUT2D eigenvalue weighted by Crippen LogP contribution is 2.24. The number of aryl methyl sites for hydroxylation is 1. The number of ether oxygens (including phenoxy) is 2. The van der Waals surface area contributed by atoms with Gasteiger partial charge in [0.05, 0.1) is 12.1 Å². The third-order valence-electron chi connectivity index (χ3n) is 3.74. The number of hydrogen-bond acceptors (Lipinski definition) is 5. The van der Waals surface area contributed by atoms with Crippen LogP contribution < -0.4 is 20.1 Å².